The van der Waals surface area contributed by atoms with Gasteiger partial charge in [-0.25, -0.2) is 0 Å². The summed E-state index contributed by atoms with van der Waals surface area (Å²) in [5, 5.41) is -2.19. The maximum absolute atomic E-state index is 12.0. The fourth-order valence-corrected chi connectivity index (χ4v) is 9.95. The number of rotatable bonds is 9. The molecule has 0 bridgehead atoms. The zero-order valence-electron chi connectivity index (χ0n) is 13.6. The zero-order chi connectivity index (χ0) is 18.2. The SMILES string of the molecule is CCC[CH2][Sn]([O]C(=O)C(C)S)([O]C(=O)C(C)S)[O]C(=O)C(C)S. The molecule has 0 aromatic heterocycles. The fourth-order valence-electron chi connectivity index (χ4n) is 1.32. The second-order valence-electron chi connectivity index (χ2n) is 5.08. The number of hydrogen-bond donors (Lipinski definition) is 3. The summed E-state index contributed by atoms with van der Waals surface area (Å²) in [4.78, 5) is 35.9. The van der Waals surface area contributed by atoms with Crippen molar-refractivity contribution in [3.63, 3.8) is 0 Å². The molecular weight excluding hydrogens is 467 g/mol. The summed E-state index contributed by atoms with van der Waals surface area (Å²) in [6.45, 7) is 6.49. The Morgan fingerprint density at radius 1 is 0.826 bits per heavy atom. The van der Waals surface area contributed by atoms with Gasteiger partial charge in [0.05, 0.1) is 0 Å². The summed E-state index contributed by atoms with van der Waals surface area (Å²) in [6.07, 6.45) is 1.35. The van der Waals surface area contributed by atoms with Gasteiger partial charge in [0.15, 0.2) is 0 Å². The Bertz CT molecular complexity index is 373. The molecule has 0 aromatic carbocycles. The Hall–Kier alpha value is 0.259. The van der Waals surface area contributed by atoms with Crippen LogP contribution in [-0.2, 0) is 23.6 Å². The van der Waals surface area contributed by atoms with Crippen LogP contribution >= 0.6 is 37.9 Å². The van der Waals surface area contributed by atoms with E-state index in [0.717, 1.165) is 6.42 Å². The van der Waals surface area contributed by atoms with Gasteiger partial charge in [-0.1, -0.05) is 0 Å². The minimum atomic E-state index is -4.79. The van der Waals surface area contributed by atoms with E-state index >= 15 is 0 Å². The van der Waals surface area contributed by atoms with Gasteiger partial charge >= 0.3 is 160 Å². The van der Waals surface area contributed by atoms with Gasteiger partial charge in [-0.3, -0.25) is 0 Å². The van der Waals surface area contributed by atoms with Gasteiger partial charge in [-0.2, -0.15) is 0 Å². The average Bonchev–Trinajstić information content (AvgIpc) is 2.44. The van der Waals surface area contributed by atoms with Crippen LogP contribution in [-0.4, -0.2) is 53.3 Å². The molecule has 0 aliphatic heterocycles. The van der Waals surface area contributed by atoms with Crippen LogP contribution in [0, 0.1) is 0 Å². The zero-order valence-corrected chi connectivity index (χ0v) is 19.2. The van der Waals surface area contributed by atoms with Crippen molar-refractivity contribution in [1.29, 1.82) is 0 Å². The Labute approximate surface area is 159 Å². The molecule has 134 valence electrons. The van der Waals surface area contributed by atoms with E-state index < -0.39 is 53.3 Å². The summed E-state index contributed by atoms with van der Waals surface area (Å²) >= 11 is 7.23. The molecule has 0 radical (unpaired) electrons. The number of hydrogen-bond acceptors (Lipinski definition) is 9. The second kappa shape index (κ2) is 11.0. The van der Waals surface area contributed by atoms with Gasteiger partial charge < -0.3 is 0 Å². The molecule has 0 fully saturated rings. The van der Waals surface area contributed by atoms with Gasteiger partial charge in [-0.05, 0) is 0 Å². The first kappa shape index (κ1) is 23.3. The maximum atomic E-state index is 12.0. The topological polar surface area (TPSA) is 78.9 Å². The number of carbonyl (C=O) groups excluding carboxylic acids is 3. The third-order valence-electron chi connectivity index (χ3n) is 2.63. The molecule has 0 saturated carbocycles. The molecule has 23 heavy (non-hydrogen) atoms. The quantitative estimate of drug-likeness (QED) is 0.340. The van der Waals surface area contributed by atoms with Gasteiger partial charge in [0.2, 0.25) is 0 Å². The molecule has 0 saturated heterocycles. The van der Waals surface area contributed by atoms with Gasteiger partial charge in [0.25, 0.3) is 0 Å². The summed E-state index contributed by atoms with van der Waals surface area (Å²) in [7, 11) is 0. The molecule has 0 aliphatic carbocycles. The predicted octanol–water partition coefficient (Wildman–Crippen LogP) is 2.31. The van der Waals surface area contributed by atoms with E-state index in [2.05, 4.69) is 37.9 Å². The van der Waals surface area contributed by atoms with Gasteiger partial charge in [-0.15, -0.1) is 0 Å². The molecule has 3 atom stereocenters. The Morgan fingerprint density at radius 3 is 1.35 bits per heavy atom. The molecule has 0 amide bonds. The van der Waals surface area contributed by atoms with Crippen LogP contribution in [0.2, 0.25) is 4.44 Å². The van der Waals surface area contributed by atoms with Crippen molar-refractivity contribution >= 4 is 75.4 Å². The molecule has 0 aliphatic rings. The molecular formula is C13H24O6S3Sn. The first-order chi connectivity index (χ1) is 10.5. The molecule has 0 spiro atoms. The molecule has 0 heterocycles. The van der Waals surface area contributed by atoms with Crippen molar-refractivity contribution < 1.29 is 23.6 Å². The monoisotopic (exact) mass is 492 g/mol. The number of thiol groups is 3. The van der Waals surface area contributed by atoms with Crippen molar-refractivity contribution in [2.45, 2.75) is 60.7 Å². The standard InChI is InChI=1S/C4H9.3C3H6O2S.Sn/c1-3-4-2;3*1-2(6)3(4)5;/h1,3-4H2,2H3;3*2,6H,1H3,(H,4,5);/q;;;;+3/p-3. The average molecular weight is 491 g/mol. The van der Waals surface area contributed by atoms with Crippen molar-refractivity contribution in [3.8, 4) is 0 Å². The second-order valence-corrected chi connectivity index (χ2v) is 14.5. The summed E-state index contributed by atoms with van der Waals surface area (Å²) in [5.41, 5.74) is 0. The molecule has 6 nitrogen and oxygen atoms in total. The number of unbranched alkanes of at least 4 members (excludes halogenated alkanes) is 1. The van der Waals surface area contributed by atoms with Gasteiger partial charge in [0.1, 0.15) is 0 Å². The first-order valence-electron chi connectivity index (χ1n) is 7.27. The number of carbonyl (C=O) groups is 3. The normalized spacial score (nSPS) is 17.3. The fraction of sp³-hybridized carbons (Fsp3) is 0.769. The van der Waals surface area contributed by atoms with Crippen LogP contribution in [0.1, 0.15) is 40.5 Å². The van der Waals surface area contributed by atoms with E-state index in [0.29, 0.717) is 6.42 Å². The van der Waals surface area contributed by atoms with Crippen molar-refractivity contribution in [3.05, 3.63) is 0 Å². The van der Waals surface area contributed by atoms with Crippen LogP contribution in [0.15, 0.2) is 0 Å². The van der Waals surface area contributed by atoms with E-state index in [-0.39, 0.29) is 4.44 Å². The van der Waals surface area contributed by atoms with E-state index in [4.69, 9.17) is 9.22 Å². The van der Waals surface area contributed by atoms with Crippen LogP contribution < -0.4 is 0 Å². The minimum absolute atomic E-state index is 0.218. The van der Waals surface area contributed by atoms with Crippen LogP contribution in [0.25, 0.3) is 0 Å². The van der Waals surface area contributed by atoms with Crippen LogP contribution in [0.3, 0.4) is 0 Å². The van der Waals surface area contributed by atoms with Crippen LogP contribution in [0.4, 0.5) is 0 Å². The van der Waals surface area contributed by atoms with E-state index in [1.165, 1.54) is 20.8 Å². The summed E-state index contributed by atoms with van der Waals surface area (Å²) in [5.74, 6) is -2.04. The first-order valence-corrected chi connectivity index (χ1v) is 14.3. The molecule has 10 heteroatoms. The Kier molecular flexibility index (Phi) is 11.1. The van der Waals surface area contributed by atoms with E-state index in [1.54, 1.807) is 0 Å². The summed E-state index contributed by atoms with van der Waals surface area (Å²) in [6, 6.07) is 0. The third kappa shape index (κ3) is 8.78. The van der Waals surface area contributed by atoms with Crippen molar-refractivity contribution in [2.24, 2.45) is 0 Å². The third-order valence-corrected chi connectivity index (χ3v) is 10.4. The Balaban J connectivity index is 5.54. The van der Waals surface area contributed by atoms with Crippen molar-refractivity contribution in [2.75, 3.05) is 0 Å². The summed E-state index contributed by atoms with van der Waals surface area (Å²) < 4.78 is 16.4. The van der Waals surface area contributed by atoms with E-state index in [9.17, 15) is 14.4 Å². The molecule has 0 rings (SSSR count). The van der Waals surface area contributed by atoms with Crippen LogP contribution in [0.5, 0.6) is 0 Å². The van der Waals surface area contributed by atoms with Gasteiger partial charge in [0, 0.05) is 0 Å². The molecule has 0 N–H and O–H groups in total. The molecule has 0 aromatic rings. The predicted molar refractivity (Wildman–Crippen MR) is 99.1 cm³/mol. The van der Waals surface area contributed by atoms with E-state index in [1.807, 2.05) is 6.92 Å². The Morgan fingerprint density at radius 2 is 1.13 bits per heavy atom. The molecule has 3 unspecified atom stereocenters. The van der Waals surface area contributed by atoms with Crippen molar-refractivity contribution in [1.82, 2.24) is 0 Å².